The molecule has 1 aromatic heterocycles. The van der Waals surface area contributed by atoms with Gasteiger partial charge >= 0.3 is 0 Å². The molecule has 2 aliphatic heterocycles. The molecule has 0 aliphatic carbocycles. The highest BCUT2D eigenvalue weighted by molar-refractivity contribution is 5.78. The summed E-state index contributed by atoms with van der Waals surface area (Å²) in [5.41, 5.74) is 1.89. The third kappa shape index (κ3) is 2.76. The maximum atomic E-state index is 12.4. The van der Waals surface area contributed by atoms with Crippen molar-refractivity contribution in [3.63, 3.8) is 0 Å². The Bertz CT molecular complexity index is 740. The minimum atomic E-state index is 0.0987. The third-order valence-electron chi connectivity index (χ3n) is 4.42. The molecule has 6 heteroatoms. The zero-order chi connectivity index (χ0) is 15.8. The maximum absolute atomic E-state index is 12.4. The SMILES string of the molecule is Cc1cc(CC(=O)N2CCC(c3ccc4c(c3)OCO4)C2)no1. The van der Waals surface area contributed by atoms with Crippen LogP contribution in [0.5, 0.6) is 11.5 Å². The van der Waals surface area contributed by atoms with E-state index in [-0.39, 0.29) is 12.7 Å². The van der Waals surface area contributed by atoms with Crippen LogP contribution >= 0.6 is 0 Å². The number of likely N-dealkylation sites (tertiary alicyclic amines) is 1. The lowest BCUT2D eigenvalue weighted by molar-refractivity contribution is -0.129. The Kier molecular flexibility index (Phi) is 3.44. The van der Waals surface area contributed by atoms with Crippen LogP contribution in [-0.2, 0) is 11.2 Å². The Morgan fingerprint density at radius 1 is 1.30 bits per heavy atom. The third-order valence-corrected chi connectivity index (χ3v) is 4.42. The van der Waals surface area contributed by atoms with E-state index in [2.05, 4.69) is 11.2 Å². The van der Waals surface area contributed by atoms with Crippen LogP contribution in [-0.4, -0.2) is 35.8 Å². The number of hydrogen-bond donors (Lipinski definition) is 0. The first kappa shape index (κ1) is 14.1. The van der Waals surface area contributed by atoms with E-state index < -0.39 is 0 Å². The molecule has 1 aromatic carbocycles. The van der Waals surface area contributed by atoms with Gasteiger partial charge in [0, 0.05) is 25.1 Å². The van der Waals surface area contributed by atoms with Crippen LogP contribution in [0.15, 0.2) is 28.8 Å². The van der Waals surface area contributed by atoms with Gasteiger partial charge in [-0.25, -0.2) is 0 Å². The summed E-state index contributed by atoms with van der Waals surface area (Å²) in [4.78, 5) is 14.3. The van der Waals surface area contributed by atoms with Gasteiger partial charge in [-0.05, 0) is 31.0 Å². The Morgan fingerprint density at radius 2 is 2.17 bits per heavy atom. The number of hydrogen-bond acceptors (Lipinski definition) is 5. The number of ether oxygens (including phenoxy) is 2. The van der Waals surface area contributed by atoms with E-state index in [1.807, 2.05) is 30.0 Å². The summed E-state index contributed by atoms with van der Waals surface area (Å²) >= 11 is 0. The second-order valence-electron chi connectivity index (χ2n) is 6.04. The topological polar surface area (TPSA) is 64.8 Å². The molecule has 1 amide bonds. The number of carbonyl (C=O) groups excluding carboxylic acids is 1. The second kappa shape index (κ2) is 5.61. The highest BCUT2D eigenvalue weighted by Crippen LogP contribution is 2.37. The van der Waals surface area contributed by atoms with Gasteiger partial charge in [0.05, 0.1) is 12.1 Å². The van der Waals surface area contributed by atoms with Gasteiger partial charge in [0.15, 0.2) is 11.5 Å². The van der Waals surface area contributed by atoms with Gasteiger partial charge in [0.25, 0.3) is 0 Å². The number of nitrogens with zero attached hydrogens (tertiary/aromatic N) is 2. The van der Waals surface area contributed by atoms with Crippen molar-refractivity contribution in [3.8, 4) is 11.5 Å². The number of amides is 1. The van der Waals surface area contributed by atoms with Gasteiger partial charge in [0.2, 0.25) is 12.7 Å². The van der Waals surface area contributed by atoms with E-state index in [1.54, 1.807) is 0 Å². The van der Waals surface area contributed by atoms with Crippen LogP contribution in [0.3, 0.4) is 0 Å². The molecule has 1 fully saturated rings. The number of benzene rings is 1. The normalized spacial score (nSPS) is 19.3. The predicted octanol–water partition coefficient (Wildman–Crippen LogP) is 2.27. The van der Waals surface area contributed by atoms with Crippen LogP contribution in [0.4, 0.5) is 0 Å². The fourth-order valence-corrected chi connectivity index (χ4v) is 3.19. The summed E-state index contributed by atoms with van der Waals surface area (Å²) < 4.78 is 15.8. The van der Waals surface area contributed by atoms with Crippen molar-refractivity contribution < 1.29 is 18.8 Å². The number of carbonyl (C=O) groups is 1. The zero-order valence-corrected chi connectivity index (χ0v) is 12.9. The first-order chi connectivity index (χ1) is 11.2. The molecule has 0 saturated carbocycles. The van der Waals surface area contributed by atoms with Gasteiger partial charge in [-0.15, -0.1) is 0 Å². The van der Waals surface area contributed by atoms with Crippen molar-refractivity contribution in [1.82, 2.24) is 10.1 Å². The molecule has 0 radical (unpaired) electrons. The molecule has 4 rings (SSSR count). The molecule has 23 heavy (non-hydrogen) atoms. The maximum Gasteiger partial charge on any atom is 0.231 e. The fourth-order valence-electron chi connectivity index (χ4n) is 3.19. The van der Waals surface area contributed by atoms with E-state index in [0.29, 0.717) is 18.0 Å². The minimum absolute atomic E-state index is 0.0987. The van der Waals surface area contributed by atoms with Crippen molar-refractivity contribution in [1.29, 1.82) is 0 Å². The summed E-state index contributed by atoms with van der Waals surface area (Å²) in [6.07, 6.45) is 1.26. The summed E-state index contributed by atoms with van der Waals surface area (Å²) in [5, 5.41) is 3.89. The molecule has 3 heterocycles. The molecular formula is C17H18N2O4. The van der Waals surface area contributed by atoms with Gasteiger partial charge < -0.3 is 18.9 Å². The lowest BCUT2D eigenvalue weighted by atomic mass is 9.98. The van der Waals surface area contributed by atoms with E-state index in [9.17, 15) is 4.79 Å². The molecular weight excluding hydrogens is 296 g/mol. The predicted molar refractivity (Wildman–Crippen MR) is 81.4 cm³/mol. The monoisotopic (exact) mass is 314 g/mol. The largest absolute Gasteiger partial charge is 0.454 e. The van der Waals surface area contributed by atoms with Crippen molar-refractivity contribution >= 4 is 5.91 Å². The van der Waals surface area contributed by atoms with Crippen LogP contribution < -0.4 is 9.47 Å². The molecule has 1 saturated heterocycles. The molecule has 0 spiro atoms. The molecule has 1 atom stereocenters. The molecule has 1 unspecified atom stereocenters. The Labute approximate surface area is 134 Å². The number of rotatable bonds is 3. The second-order valence-corrected chi connectivity index (χ2v) is 6.04. The average molecular weight is 314 g/mol. The number of aryl methyl sites for hydroxylation is 1. The number of fused-ring (bicyclic) bond motifs is 1. The quantitative estimate of drug-likeness (QED) is 0.869. The highest BCUT2D eigenvalue weighted by atomic mass is 16.7. The first-order valence-electron chi connectivity index (χ1n) is 7.78. The Hall–Kier alpha value is -2.50. The Morgan fingerprint density at radius 3 is 3.00 bits per heavy atom. The van der Waals surface area contributed by atoms with Crippen LogP contribution in [0, 0.1) is 6.92 Å². The molecule has 120 valence electrons. The highest BCUT2D eigenvalue weighted by Gasteiger charge is 2.28. The summed E-state index contributed by atoms with van der Waals surface area (Å²) in [7, 11) is 0. The first-order valence-corrected chi connectivity index (χ1v) is 7.78. The minimum Gasteiger partial charge on any atom is -0.454 e. The van der Waals surface area contributed by atoms with E-state index in [4.69, 9.17) is 14.0 Å². The molecule has 0 bridgehead atoms. The average Bonchev–Trinajstić information content (AvgIpc) is 3.26. The van der Waals surface area contributed by atoms with Crippen molar-refractivity contribution in [2.24, 2.45) is 0 Å². The van der Waals surface area contributed by atoms with Gasteiger partial charge in [-0.2, -0.15) is 0 Å². The molecule has 6 nitrogen and oxygen atoms in total. The van der Waals surface area contributed by atoms with Crippen LogP contribution in [0.1, 0.15) is 29.4 Å². The lowest BCUT2D eigenvalue weighted by Crippen LogP contribution is -2.29. The van der Waals surface area contributed by atoms with Gasteiger partial charge in [0.1, 0.15) is 5.76 Å². The summed E-state index contributed by atoms with van der Waals surface area (Å²) in [5.74, 6) is 2.76. The number of aromatic nitrogens is 1. The Balaban J connectivity index is 1.41. The van der Waals surface area contributed by atoms with Gasteiger partial charge in [-0.3, -0.25) is 4.79 Å². The summed E-state index contributed by atoms with van der Waals surface area (Å²) in [6, 6.07) is 7.85. The molecule has 0 N–H and O–H groups in total. The van der Waals surface area contributed by atoms with Crippen molar-refractivity contribution in [3.05, 3.63) is 41.3 Å². The van der Waals surface area contributed by atoms with E-state index in [0.717, 1.165) is 36.8 Å². The van der Waals surface area contributed by atoms with Crippen LogP contribution in [0.25, 0.3) is 0 Å². The molecule has 2 aromatic rings. The molecule has 2 aliphatic rings. The lowest BCUT2D eigenvalue weighted by Gasteiger charge is -2.16. The zero-order valence-electron chi connectivity index (χ0n) is 12.9. The summed E-state index contributed by atoms with van der Waals surface area (Å²) in [6.45, 7) is 3.61. The van der Waals surface area contributed by atoms with Gasteiger partial charge in [-0.1, -0.05) is 11.2 Å². The smallest absolute Gasteiger partial charge is 0.231 e. The van der Waals surface area contributed by atoms with Crippen molar-refractivity contribution in [2.75, 3.05) is 19.9 Å². The standard InChI is InChI=1S/C17H18N2O4/c1-11-6-14(18-23-11)8-17(20)19-5-4-13(9-19)12-2-3-15-16(7-12)22-10-21-15/h2-3,6-7,13H,4-5,8-10H2,1H3. The van der Waals surface area contributed by atoms with E-state index in [1.165, 1.54) is 5.56 Å². The van der Waals surface area contributed by atoms with E-state index >= 15 is 0 Å². The van der Waals surface area contributed by atoms with Crippen molar-refractivity contribution in [2.45, 2.75) is 25.7 Å². The fraction of sp³-hybridized carbons (Fsp3) is 0.412. The van der Waals surface area contributed by atoms with Crippen LogP contribution in [0.2, 0.25) is 0 Å².